The number of hydrogen-bond acceptors (Lipinski definition) is 4. The largest absolute Gasteiger partial charge is 0.448 e. The van der Waals surface area contributed by atoms with Crippen molar-refractivity contribution in [3.8, 4) is 0 Å². The molecule has 0 aliphatic carbocycles. The highest BCUT2D eigenvalue weighted by atomic mass is 16.5. The number of aromatic nitrogens is 1. The number of aryl methyl sites for hydroxylation is 1. The molecule has 0 aliphatic heterocycles. The Morgan fingerprint density at radius 3 is 3.15 bits per heavy atom. The lowest BCUT2D eigenvalue weighted by Gasteiger charge is -1.99. The summed E-state index contributed by atoms with van der Waals surface area (Å²) in [6, 6.07) is 0. The number of oxazole rings is 1. The van der Waals surface area contributed by atoms with Gasteiger partial charge in [-0.05, 0) is 13.3 Å². The molecule has 1 heterocycles. The Labute approximate surface area is 77.5 Å². The molecular formula is C9H15NO3. The van der Waals surface area contributed by atoms with E-state index in [4.69, 9.17) is 14.3 Å². The molecule has 0 unspecified atom stereocenters. The van der Waals surface area contributed by atoms with Crippen LogP contribution in [0, 0.1) is 0 Å². The lowest BCUT2D eigenvalue weighted by atomic mass is 10.2. The second-order valence-corrected chi connectivity index (χ2v) is 2.68. The highest BCUT2D eigenvalue weighted by molar-refractivity contribution is 5.05. The van der Waals surface area contributed by atoms with Gasteiger partial charge in [-0.15, -0.1) is 0 Å². The molecule has 4 nitrogen and oxygen atoms in total. The van der Waals surface area contributed by atoms with Crippen molar-refractivity contribution in [2.75, 3.05) is 13.2 Å². The molecule has 1 N–H and O–H groups in total. The summed E-state index contributed by atoms with van der Waals surface area (Å²) in [6.45, 7) is 3.37. The summed E-state index contributed by atoms with van der Waals surface area (Å²) in [6.07, 6.45) is 3.04. The maximum absolute atomic E-state index is 8.86. The van der Waals surface area contributed by atoms with Crippen LogP contribution in [-0.2, 0) is 17.8 Å². The van der Waals surface area contributed by atoms with E-state index in [1.54, 1.807) is 0 Å². The molecular weight excluding hydrogens is 170 g/mol. The van der Waals surface area contributed by atoms with Crippen LogP contribution in [0.2, 0.25) is 0 Å². The topological polar surface area (TPSA) is 55.5 Å². The van der Waals surface area contributed by atoms with E-state index in [1.807, 2.05) is 6.92 Å². The van der Waals surface area contributed by atoms with Gasteiger partial charge in [0.15, 0.2) is 6.39 Å². The fraction of sp³-hybridized carbons (Fsp3) is 0.667. The Morgan fingerprint density at radius 2 is 2.46 bits per heavy atom. The van der Waals surface area contributed by atoms with E-state index in [0.717, 1.165) is 31.8 Å². The van der Waals surface area contributed by atoms with E-state index >= 15 is 0 Å². The first-order chi connectivity index (χ1) is 6.38. The average molecular weight is 185 g/mol. The van der Waals surface area contributed by atoms with Gasteiger partial charge in [0, 0.05) is 19.6 Å². The van der Waals surface area contributed by atoms with Crippen LogP contribution in [0.5, 0.6) is 0 Å². The highest BCUT2D eigenvalue weighted by Crippen LogP contribution is 2.09. The second-order valence-electron chi connectivity index (χ2n) is 2.68. The van der Waals surface area contributed by atoms with E-state index < -0.39 is 0 Å². The van der Waals surface area contributed by atoms with Gasteiger partial charge in [-0.1, -0.05) is 0 Å². The summed E-state index contributed by atoms with van der Waals surface area (Å²) in [5.41, 5.74) is 0.636. The standard InChI is InChI=1S/C9H15NO3/c1-2-12-5-3-4-9-8(6-11)10-7-13-9/h7,11H,2-6H2,1H3. The lowest BCUT2D eigenvalue weighted by molar-refractivity contribution is 0.144. The molecule has 0 atom stereocenters. The van der Waals surface area contributed by atoms with Gasteiger partial charge >= 0.3 is 0 Å². The third-order valence-corrected chi connectivity index (χ3v) is 1.77. The minimum Gasteiger partial charge on any atom is -0.448 e. The molecule has 0 aliphatic rings. The molecule has 0 amide bonds. The molecule has 0 radical (unpaired) electrons. The van der Waals surface area contributed by atoms with Gasteiger partial charge < -0.3 is 14.3 Å². The zero-order chi connectivity index (χ0) is 9.52. The summed E-state index contributed by atoms with van der Waals surface area (Å²) in [5.74, 6) is 0.766. The lowest BCUT2D eigenvalue weighted by Crippen LogP contribution is -1.97. The number of aliphatic hydroxyl groups is 1. The first kappa shape index (κ1) is 10.2. The van der Waals surface area contributed by atoms with Crippen LogP contribution in [0.1, 0.15) is 24.8 Å². The predicted molar refractivity (Wildman–Crippen MR) is 47.2 cm³/mol. The maximum Gasteiger partial charge on any atom is 0.181 e. The third-order valence-electron chi connectivity index (χ3n) is 1.77. The maximum atomic E-state index is 8.86. The van der Waals surface area contributed by atoms with Crippen molar-refractivity contribution in [2.45, 2.75) is 26.4 Å². The minimum atomic E-state index is -0.0551. The van der Waals surface area contributed by atoms with Gasteiger partial charge in [-0.2, -0.15) is 0 Å². The van der Waals surface area contributed by atoms with Crippen molar-refractivity contribution in [3.63, 3.8) is 0 Å². The quantitative estimate of drug-likeness (QED) is 0.675. The van der Waals surface area contributed by atoms with Gasteiger partial charge in [0.2, 0.25) is 0 Å². The van der Waals surface area contributed by atoms with Crippen molar-refractivity contribution >= 4 is 0 Å². The summed E-state index contributed by atoms with van der Waals surface area (Å²) in [4.78, 5) is 3.88. The van der Waals surface area contributed by atoms with Crippen LogP contribution in [0.4, 0.5) is 0 Å². The molecule has 0 fully saturated rings. The molecule has 1 aromatic heterocycles. The van der Waals surface area contributed by atoms with Gasteiger partial charge in [0.05, 0.1) is 6.61 Å². The van der Waals surface area contributed by atoms with Crippen LogP contribution in [0.15, 0.2) is 10.8 Å². The first-order valence-corrected chi connectivity index (χ1v) is 4.48. The Balaban J connectivity index is 2.27. The van der Waals surface area contributed by atoms with Crippen LogP contribution >= 0.6 is 0 Å². The van der Waals surface area contributed by atoms with Crippen molar-refractivity contribution in [3.05, 3.63) is 17.8 Å². The Hall–Kier alpha value is -0.870. The smallest absolute Gasteiger partial charge is 0.181 e. The summed E-state index contributed by atoms with van der Waals surface area (Å²) < 4.78 is 10.3. The highest BCUT2D eigenvalue weighted by Gasteiger charge is 2.05. The Kier molecular flexibility index (Phi) is 4.49. The van der Waals surface area contributed by atoms with E-state index in [1.165, 1.54) is 6.39 Å². The van der Waals surface area contributed by atoms with Gasteiger partial charge in [0.1, 0.15) is 11.5 Å². The van der Waals surface area contributed by atoms with Gasteiger partial charge in [-0.3, -0.25) is 0 Å². The molecule has 4 heteroatoms. The SMILES string of the molecule is CCOCCCc1ocnc1CO. The van der Waals surface area contributed by atoms with E-state index in [9.17, 15) is 0 Å². The summed E-state index contributed by atoms with van der Waals surface area (Å²) in [5, 5.41) is 8.86. The second kappa shape index (κ2) is 5.72. The Bertz CT molecular complexity index is 235. The monoisotopic (exact) mass is 185 g/mol. The number of aliphatic hydroxyl groups excluding tert-OH is 1. The molecule has 1 rings (SSSR count). The average Bonchev–Trinajstić information content (AvgIpc) is 2.60. The fourth-order valence-corrected chi connectivity index (χ4v) is 1.10. The molecule has 1 aromatic rings. The van der Waals surface area contributed by atoms with Crippen LogP contribution in [0.3, 0.4) is 0 Å². The van der Waals surface area contributed by atoms with Gasteiger partial charge in [0.25, 0.3) is 0 Å². The molecule has 0 spiro atoms. The normalized spacial score (nSPS) is 10.6. The minimum absolute atomic E-state index is 0.0551. The first-order valence-electron chi connectivity index (χ1n) is 4.48. The van der Waals surface area contributed by atoms with E-state index in [0.29, 0.717) is 5.69 Å². The number of nitrogens with zero attached hydrogens (tertiary/aromatic N) is 1. The summed E-state index contributed by atoms with van der Waals surface area (Å²) >= 11 is 0. The van der Waals surface area contributed by atoms with Crippen molar-refractivity contribution in [1.29, 1.82) is 0 Å². The van der Waals surface area contributed by atoms with Crippen LogP contribution in [-0.4, -0.2) is 23.3 Å². The fourth-order valence-electron chi connectivity index (χ4n) is 1.10. The van der Waals surface area contributed by atoms with Crippen molar-refractivity contribution in [2.24, 2.45) is 0 Å². The molecule has 13 heavy (non-hydrogen) atoms. The molecule has 0 aromatic carbocycles. The zero-order valence-electron chi connectivity index (χ0n) is 7.82. The zero-order valence-corrected chi connectivity index (χ0v) is 7.82. The molecule has 0 saturated carbocycles. The number of rotatable bonds is 6. The predicted octanol–water partition coefficient (Wildman–Crippen LogP) is 1.14. The number of ether oxygens (including phenoxy) is 1. The summed E-state index contributed by atoms with van der Waals surface area (Å²) in [7, 11) is 0. The molecule has 74 valence electrons. The third kappa shape index (κ3) is 3.16. The van der Waals surface area contributed by atoms with Gasteiger partial charge in [-0.25, -0.2) is 4.98 Å². The molecule has 0 saturated heterocycles. The Morgan fingerprint density at radius 1 is 1.62 bits per heavy atom. The van der Waals surface area contributed by atoms with E-state index in [-0.39, 0.29) is 6.61 Å². The molecule has 0 bridgehead atoms. The van der Waals surface area contributed by atoms with E-state index in [2.05, 4.69) is 4.98 Å². The van der Waals surface area contributed by atoms with Crippen molar-refractivity contribution < 1.29 is 14.3 Å². The van der Waals surface area contributed by atoms with Crippen LogP contribution in [0.25, 0.3) is 0 Å². The van der Waals surface area contributed by atoms with Crippen LogP contribution < -0.4 is 0 Å². The van der Waals surface area contributed by atoms with Crippen molar-refractivity contribution in [1.82, 2.24) is 4.98 Å². The number of hydrogen-bond donors (Lipinski definition) is 1.